The van der Waals surface area contributed by atoms with Crippen LogP contribution in [-0.4, -0.2) is 21.3 Å². The monoisotopic (exact) mass is 216 g/mol. The van der Waals surface area contributed by atoms with Crippen LogP contribution >= 0.6 is 0 Å². The Morgan fingerprint density at radius 3 is 2.56 bits per heavy atom. The van der Waals surface area contributed by atoms with E-state index in [9.17, 15) is 5.11 Å². The largest absolute Gasteiger partial charge is 0.394 e. The van der Waals surface area contributed by atoms with E-state index in [2.05, 4.69) is 4.98 Å². The standard InChI is InChI=1S/C13H16N2O/c1-13(2,9-16)15-8-12(14-10-15)11-6-4-3-5-7-11/h3-8,10,16H,9H2,1-2H3. The van der Waals surface area contributed by atoms with Crippen LogP contribution in [0.3, 0.4) is 0 Å². The molecule has 0 amide bonds. The van der Waals surface area contributed by atoms with Gasteiger partial charge in [-0.2, -0.15) is 0 Å². The van der Waals surface area contributed by atoms with Crippen molar-refractivity contribution in [3.05, 3.63) is 42.9 Å². The summed E-state index contributed by atoms with van der Waals surface area (Å²) in [4.78, 5) is 4.35. The summed E-state index contributed by atoms with van der Waals surface area (Å²) >= 11 is 0. The van der Waals surface area contributed by atoms with Gasteiger partial charge in [-0.25, -0.2) is 4.98 Å². The fourth-order valence-corrected chi connectivity index (χ4v) is 1.49. The smallest absolute Gasteiger partial charge is 0.0959 e. The molecule has 0 atom stereocenters. The topological polar surface area (TPSA) is 38.0 Å². The molecule has 0 fully saturated rings. The van der Waals surface area contributed by atoms with Crippen LogP contribution in [0.5, 0.6) is 0 Å². The van der Waals surface area contributed by atoms with Crippen molar-refractivity contribution >= 4 is 0 Å². The van der Waals surface area contributed by atoms with Crippen LogP contribution in [0.2, 0.25) is 0 Å². The molecule has 0 saturated heterocycles. The first-order valence-corrected chi connectivity index (χ1v) is 5.34. The normalized spacial score (nSPS) is 11.7. The molecule has 2 aromatic rings. The SMILES string of the molecule is CC(C)(CO)n1cnc(-c2ccccc2)c1. The molecule has 1 heterocycles. The van der Waals surface area contributed by atoms with Gasteiger partial charge in [-0.05, 0) is 13.8 Å². The molecule has 0 saturated carbocycles. The van der Waals surface area contributed by atoms with Gasteiger partial charge in [-0.1, -0.05) is 30.3 Å². The van der Waals surface area contributed by atoms with Gasteiger partial charge in [0.05, 0.1) is 24.2 Å². The molecular weight excluding hydrogens is 200 g/mol. The molecule has 0 bridgehead atoms. The van der Waals surface area contributed by atoms with Crippen LogP contribution in [-0.2, 0) is 5.54 Å². The molecule has 84 valence electrons. The summed E-state index contributed by atoms with van der Waals surface area (Å²) in [5.41, 5.74) is 1.72. The number of aliphatic hydroxyl groups excluding tert-OH is 1. The van der Waals surface area contributed by atoms with Crippen molar-refractivity contribution in [2.75, 3.05) is 6.61 Å². The van der Waals surface area contributed by atoms with E-state index in [-0.39, 0.29) is 12.1 Å². The quantitative estimate of drug-likeness (QED) is 0.854. The summed E-state index contributed by atoms with van der Waals surface area (Å²) in [5.74, 6) is 0. The first-order valence-electron chi connectivity index (χ1n) is 5.34. The van der Waals surface area contributed by atoms with E-state index in [1.165, 1.54) is 0 Å². The van der Waals surface area contributed by atoms with Crippen molar-refractivity contribution in [3.63, 3.8) is 0 Å². The van der Waals surface area contributed by atoms with Crippen LogP contribution in [0.4, 0.5) is 0 Å². The maximum atomic E-state index is 9.28. The minimum Gasteiger partial charge on any atom is -0.394 e. The van der Waals surface area contributed by atoms with E-state index >= 15 is 0 Å². The number of benzene rings is 1. The summed E-state index contributed by atoms with van der Waals surface area (Å²) < 4.78 is 1.94. The predicted molar refractivity (Wildman–Crippen MR) is 64.1 cm³/mol. The van der Waals surface area contributed by atoms with Gasteiger partial charge in [0.15, 0.2) is 0 Å². The Labute approximate surface area is 95.4 Å². The van der Waals surface area contributed by atoms with E-state index in [4.69, 9.17) is 0 Å². The number of rotatable bonds is 3. The van der Waals surface area contributed by atoms with Crippen LogP contribution < -0.4 is 0 Å². The second-order valence-electron chi connectivity index (χ2n) is 4.50. The molecule has 0 unspecified atom stereocenters. The Kier molecular flexibility index (Phi) is 2.79. The molecule has 0 aliphatic rings. The molecule has 16 heavy (non-hydrogen) atoms. The van der Waals surface area contributed by atoms with Crippen molar-refractivity contribution in [2.24, 2.45) is 0 Å². The molecule has 1 aromatic heterocycles. The van der Waals surface area contributed by atoms with Crippen molar-refractivity contribution in [2.45, 2.75) is 19.4 Å². The molecule has 3 heteroatoms. The number of aliphatic hydroxyl groups is 1. The van der Waals surface area contributed by atoms with Crippen molar-refractivity contribution < 1.29 is 5.11 Å². The highest BCUT2D eigenvalue weighted by Gasteiger charge is 2.18. The molecule has 0 spiro atoms. The number of hydrogen-bond acceptors (Lipinski definition) is 2. The van der Waals surface area contributed by atoms with Crippen molar-refractivity contribution in [1.29, 1.82) is 0 Å². The third kappa shape index (κ3) is 1.99. The highest BCUT2D eigenvalue weighted by Crippen LogP contribution is 2.20. The third-order valence-electron chi connectivity index (χ3n) is 2.74. The first-order chi connectivity index (χ1) is 7.63. The van der Waals surface area contributed by atoms with Crippen LogP contribution in [0, 0.1) is 0 Å². The van der Waals surface area contributed by atoms with E-state index < -0.39 is 0 Å². The van der Waals surface area contributed by atoms with Gasteiger partial charge in [-0.3, -0.25) is 0 Å². The number of nitrogens with zero attached hydrogens (tertiary/aromatic N) is 2. The molecule has 1 aromatic carbocycles. The zero-order valence-electron chi connectivity index (χ0n) is 9.59. The molecule has 0 radical (unpaired) electrons. The lowest BCUT2D eigenvalue weighted by molar-refractivity contribution is 0.164. The first kappa shape index (κ1) is 10.9. The summed E-state index contributed by atoms with van der Waals surface area (Å²) in [6.07, 6.45) is 3.73. The van der Waals surface area contributed by atoms with Gasteiger partial charge in [0.1, 0.15) is 0 Å². The van der Waals surface area contributed by atoms with E-state index in [0.717, 1.165) is 11.3 Å². The zero-order chi connectivity index (χ0) is 11.6. The maximum absolute atomic E-state index is 9.28. The second kappa shape index (κ2) is 4.10. The van der Waals surface area contributed by atoms with Gasteiger partial charge >= 0.3 is 0 Å². The Morgan fingerprint density at radius 2 is 1.94 bits per heavy atom. The predicted octanol–water partition coefficient (Wildman–Crippen LogP) is 2.28. The molecular formula is C13H16N2O. The van der Waals surface area contributed by atoms with E-state index in [0.29, 0.717) is 0 Å². The Morgan fingerprint density at radius 1 is 1.25 bits per heavy atom. The van der Waals surface area contributed by atoms with Gasteiger partial charge < -0.3 is 9.67 Å². The highest BCUT2D eigenvalue weighted by atomic mass is 16.3. The summed E-state index contributed by atoms with van der Waals surface area (Å²) in [7, 11) is 0. The Hall–Kier alpha value is -1.61. The van der Waals surface area contributed by atoms with Crippen LogP contribution in [0.15, 0.2) is 42.9 Å². The molecule has 0 aliphatic carbocycles. The number of imidazole rings is 1. The van der Waals surface area contributed by atoms with Crippen molar-refractivity contribution in [1.82, 2.24) is 9.55 Å². The lowest BCUT2D eigenvalue weighted by Crippen LogP contribution is -2.29. The molecule has 0 aliphatic heterocycles. The second-order valence-corrected chi connectivity index (χ2v) is 4.50. The minimum absolute atomic E-state index is 0.0948. The molecule has 3 nitrogen and oxygen atoms in total. The fraction of sp³-hybridized carbons (Fsp3) is 0.308. The lowest BCUT2D eigenvalue weighted by atomic mass is 10.1. The van der Waals surface area contributed by atoms with Gasteiger partial charge in [0.2, 0.25) is 0 Å². The average molecular weight is 216 g/mol. The maximum Gasteiger partial charge on any atom is 0.0959 e. The van der Waals surface area contributed by atoms with Gasteiger partial charge in [0, 0.05) is 11.8 Å². The molecule has 2 rings (SSSR count). The summed E-state index contributed by atoms with van der Waals surface area (Å²) in [6.45, 7) is 4.05. The lowest BCUT2D eigenvalue weighted by Gasteiger charge is -2.23. The summed E-state index contributed by atoms with van der Waals surface area (Å²) in [5, 5.41) is 9.28. The number of hydrogen-bond donors (Lipinski definition) is 1. The Bertz CT molecular complexity index is 460. The van der Waals surface area contributed by atoms with Gasteiger partial charge in [-0.15, -0.1) is 0 Å². The van der Waals surface area contributed by atoms with Crippen LogP contribution in [0.25, 0.3) is 11.3 Å². The highest BCUT2D eigenvalue weighted by molar-refractivity contribution is 5.57. The number of aromatic nitrogens is 2. The fourth-order valence-electron chi connectivity index (χ4n) is 1.49. The van der Waals surface area contributed by atoms with Crippen LogP contribution in [0.1, 0.15) is 13.8 Å². The summed E-state index contributed by atoms with van der Waals surface area (Å²) in [6, 6.07) is 10.0. The zero-order valence-corrected chi connectivity index (χ0v) is 9.59. The van der Waals surface area contributed by atoms with Gasteiger partial charge in [0.25, 0.3) is 0 Å². The average Bonchev–Trinajstić information content (AvgIpc) is 2.80. The minimum atomic E-state index is -0.306. The third-order valence-corrected chi connectivity index (χ3v) is 2.74. The molecule has 1 N–H and O–H groups in total. The van der Waals surface area contributed by atoms with E-state index in [1.807, 2.05) is 54.9 Å². The van der Waals surface area contributed by atoms with Crippen molar-refractivity contribution in [3.8, 4) is 11.3 Å². The van der Waals surface area contributed by atoms with E-state index in [1.54, 1.807) is 6.33 Å². The Balaban J connectivity index is 2.34.